The van der Waals surface area contributed by atoms with E-state index in [4.69, 9.17) is 10.8 Å². The summed E-state index contributed by atoms with van der Waals surface area (Å²) in [4.78, 5) is 39.7. The Morgan fingerprint density at radius 2 is 2.00 bits per heavy atom. The number of amides is 1. The molecule has 120 valence electrons. The van der Waals surface area contributed by atoms with E-state index in [2.05, 4.69) is 10.3 Å². The second-order valence-corrected chi connectivity index (χ2v) is 4.87. The molecular formula is C12H18N6O4. The quantitative estimate of drug-likeness (QED) is 0.514. The maximum atomic E-state index is 12.3. The number of aryl methyl sites for hydroxylation is 1. The van der Waals surface area contributed by atoms with E-state index in [9.17, 15) is 14.4 Å². The average molecular weight is 310 g/mol. The lowest BCUT2D eigenvalue weighted by Gasteiger charge is -2.08. The van der Waals surface area contributed by atoms with Gasteiger partial charge in [0.1, 0.15) is 6.54 Å². The molecule has 0 aromatic carbocycles. The summed E-state index contributed by atoms with van der Waals surface area (Å²) in [5.41, 5.74) is 4.44. The standard InChI is InChI=1S/C12H18N6O4/c1-16-9-8(10(21)17(2)12(16)22)18(6-7(13)20)11(15-9)14-4-3-5-19/h19H,3-6H2,1-2H3,(H2,13,20)(H,14,15). The van der Waals surface area contributed by atoms with Gasteiger partial charge in [-0.3, -0.25) is 23.3 Å². The number of hydrogen-bond donors (Lipinski definition) is 3. The molecule has 2 rings (SSSR count). The predicted octanol–water partition coefficient (Wildman–Crippen LogP) is -2.29. The first-order chi connectivity index (χ1) is 10.4. The molecule has 0 radical (unpaired) electrons. The van der Waals surface area contributed by atoms with Crippen LogP contribution in [0.15, 0.2) is 9.59 Å². The Morgan fingerprint density at radius 1 is 1.32 bits per heavy atom. The number of imidazole rings is 1. The smallest absolute Gasteiger partial charge is 0.332 e. The molecule has 0 bridgehead atoms. The Hall–Kier alpha value is -2.62. The van der Waals surface area contributed by atoms with E-state index in [0.29, 0.717) is 13.0 Å². The first-order valence-corrected chi connectivity index (χ1v) is 6.67. The summed E-state index contributed by atoms with van der Waals surface area (Å²) in [6.45, 7) is 0.140. The minimum Gasteiger partial charge on any atom is -0.396 e. The van der Waals surface area contributed by atoms with Crippen molar-refractivity contribution in [3.8, 4) is 0 Å². The first-order valence-electron chi connectivity index (χ1n) is 6.67. The van der Waals surface area contributed by atoms with Gasteiger partial charge in [0.05, 0.1) is 0 Å². The van der Waals surface area contributed by atoms with Crippen LogP contribution in [0.25, 0.3) is 11.2 Å². The molecule has 1 amide bonds. The molecule has 2 heterocycles. The zero-order chi connectivity index (χ0) is 16.4. The van der Waals surface area contributed by atoms with Crippen LogP contribution in [0.5, 0.6) is 0 Å². The molecule has 2 aromatic rings. The Bertz CT molecular complexity index is 831. The van der Waals surface area contributed by atoms with E-state index in [1.165, 1.54) is 23.2 Å². The molecule has 22 heavy (non-hydrogen) atoms. The van der Waals surface area contributed by atoms with Gasteiger partial charge in [0.2, 0.25) is 11.9 Å². The van der Waals surface area contributed by atoms with Gasteiger partial charge in [-0.2, -0.15) is 4.98 Å². The van der Waals surface area contributed by atoms with Crippen molar-refractivity contribution in [2.24, 2.45) is 19.8 Å². The molecule has 10 heteroatoms. The van der Waals surface area contributed by atoms with Crippen LogP contribution in [-0.4, -0.2) is 42.9 Å². The first kappa shape index (κ1) is 15.8. The largest absolute Gasteiger partial charge is 0.396 e. The molecule has 4 N–H and O–H groups in total. The number of aliphatic hydroxyl groups is 1. The summed E-state index contributed by atoms with van der Waals surface area (Å²) in [7, 11) is 2.84. The molecule has 0 aliphatic heterocycles. The lowest BCUT2D eigenvalue weighted by atomic mass is 10.4. The fourth-order valence-electron chi connectivity index (χ4n) is 2.17. The topological polar surface area (TPSA) is 137 Å². The van der Waals surface area contributed by atoms with E-state index < -0.39 is 17.2 Å². The van der Waals surface area contributed by atoms with Gasteiger partial charge in [0, 0.05) is 27.2 Å². The van der Waals surface area contributed by atoms with Crippen molar-refractivity contribution in [2.45, 2.75) is 13.0 Å². The monoisotopic (exact) mass is 310 g/mol. The number of primary amides is 1. The van der Waals surface area contributed by atoms with Crippen LogP contribution in [0.2, 0.25) is 0 Å². The van der Waals surface area contributed by atoms with Crippen molar-refractivity contribution in [3.63, 3.8) is 0 Å². The van der Waals surface area contributed by atoms with Gasteiger partial charge >= 0.3 is 5.69 Å². The molecule has 0 aliphatic carbocycles. The molecular weight excluding hydrogens is 292 g/mol. The Kier molecular flexibility index (Phi) is 4.31. The van der Waals surface area contributed by atoms with Gasteiger partial charge in [-0.25, -0.2) is 4.79 Å². The fourth-order valence-corrected chi connectivity index (χ4v) is 2.17. The second kappa shape index (κ2) is 6.02. The number of nitrogens with zero attached hydrogens (tertiary/aromatic N) is 4. The Balaban J connectivity index is 2.72. The van der Waals surface area contributed by atoms with Gasteiger partial charge in [-0.05, 0) is 6.42 Å². The SMILES string of the molecule is Cn1c(=O)c2c(nc(NCCCO)n2CC(N)=O)n(C)c1=O. The predicted molar refractivity (Wildman–Crippen MR) is 79.6 cm³/mol. The van der Waals surface area contributed by atoms with Crippen LogP contribution < -0.4 is 22.3 Å². The van der Waals surface area contributed by atoms with E-state index in [-0.39, 0.29) is 30.3 Å². The number of fused-ring (bicyclic) bond motifs is 1. The number of rotatable bonds is 6. The van der Waals surface area contributed by atoms with Crippen LogP contribution >= 0.6 is 0 Å². The zero-order valence-electron chi connectivity index (χ0n) is 12.4. The normalized spacial score (nSPS) is 11.0. The summed E-state index contributed by atoms with van der Waals surface area (Å²) in [5.74, 6) is -0.388. The number of nitrogens with one attached hydrogen (secondary N) is 1. The maximum Gasteiger partial charge on any atom is 0.332 e. The highest BCUT2D eigenvalue weighted by atomic mass is 16.3. The summed E-state index contributed by atoms with van der Waals surface area (Å²) in [5, 5.41) is 11.7. The van der Waals surface area contributed by atoms with Crippen LogP contribution in [-0.2, 0) is 25.4 Å². The van der Waals surface area contributed by atoms with E-state index >= 15 is 0 Å². The number of carbonyl (C=O) groups excluding carboxylic acids is 1. The summed E-state index contributed by atoms with van der Waals surface area (Å²) >= 11 is 0. The Morgan fingerprint density at radius 3 is 2.59 bits per heavy atom. The van der Waals surface area contributed by atoms with Crippen molar-refractivity contribution < 1.29 is 9.90 Å². The van der Waals surface area contributed by atoms with Gasteiger partial charge in [-0.15, -0.1) is 0 Å². The van der Waals surface area contributed by atoms with Crippen LogP contribution in [0.1, 0.15) is 6.42 Å². The third kappa shape index (κ3) is 2.60. The van der Waals surface area contributed by atoms with E-state index in [1.54, 1.807) is 0 Å². The fraction of sp³-hybridized carbons (Fsp3) is 0.500. The lowest BCUT2D eigenvalue weighted by Crippen LogP contribution is -2.38. The van der Waals surface area contributed by atoms with Crippen molar-refractivity contribution >= 4 is 23.0 Å². The highest BCUT2D eigenvalue weighted by Crippen LogP contribution is 2.15. The van der Waals surface area contributed by atoms with E-state index in [1.807, 2.05) is 0 Å². The number of nitrogens with two attached hydrogens (primary N) is 1. The summed E-state index contributed by atoms with van der Waals surface area (Å²) in [6.07, 6.45) is 0.469. The molecule has 0 saturated heterocycles. The van der Waals surface area contributed by atoms with Crippen molar-refractivity contribution in [2.75, 3.05) is 18.5 Å². The molecule has 0 spiro atoms. The van der Waals surface area contributed by atoms with Crippen molar-refractivity contribution in [1.29, 1.82) is 0 Å². The summed E-state index contributed by atoms with van der Waals surface area (Å²) in [6, 6.07) is 0. The third-order valence-corrected chi connectivity index (χ3v) is 3.28. The minimum absolute atomic E-state index is 0.0106. The van der Waals surface area contributed by atoms with Gasteiger partial charge in [0.15, 0.2) is 11.2 Å². The molecule has 10 nitrogen and oxygen atoms in total. The maximum absolute atomic E-state index is 12.3. The molecule has 0 aliphatic rings. The van der Waals surface area contributed by atoms with E-state index in [0.717, 1.165) is 4.57 Å². The molecule has 2 aromatic heterocycles. The molecule has 0 fully saturated rings. The van der Waals surface area contributed by atoms with Gasteiger partial charge in [0.25, 0.3) is 5.56 Å². The third-order valence-electron chi connectivity index (χ3n) is 3.28. The van der Waals surface area contributed by atoms with Crippen LogP contribution in [0.3, 0.4) is 0 Å². The van der Waals surface area contributed by atoms with Crippen LogP contribution in [0, 0.1) is 0 Å². The number of aromatic nitrogens is 4. The average Bonchev–Trinajstić information content (AvgIpc) is 2.81. The highest BCUT2D eigenvalue weighted by molar-refractivity contribution is 5.80. The van der Waals surface area contributed by atoms with Gasteiger partial charge < -0.3 is 16.2 Å². The van der Waals surface area contributed by atoms with Gasteiger partial charge in [-0.1, -0.05) is 0 Å². The number of hydrogen-bond acceptors (Lipinski definition) is 6. The second-order valence-electron chi connectivity index (χ2n) is 4.87. The molecule has 0 saturated carbocycles. The summed E-state index contributed by atoms with van der Waals surface area (Å²) < 4.78 is 3.52. The minimum atomic E-state index is -0.639. The number of aliphatic hydroxyl groups excluding tert-OH is 1. The Labute approximate surface area is 124 Å². The van der Waals surface area contributed by atoms with Crippen molar-refractivity contribution in [1.82, 2.24) is 18.7 Å². The number of anilines is 1. The lowest BCUT2D eigenvalue weighted by molar-refractivity contribution is -0.118. The van der Waals surface area contributed by atoms with Crippen LogP contribution in [0.4, 0.5) is 5.95 Å². The molecule has 0 atom stereocenters. The van der Waals surface area contributed by atoms with Crippen molar-refractivity contribution in [3.05, 3.63) is 20.8 Å². The molecule has 0 unspecified atom stereocenters. The number of carbonyl (C=O) groups is 1. The zero-order valence-corrected chi connectivity index (χ0v) is 12.4. The highest BCUT2D eigenvalue weighted by Gasteiger charge is 2.19.